The van der Waals surface area contributed by atoms with E-state index in [9.17, 15) is 4.79 Å². The van der Waals surface area contributed by atoms with Crippen molar-refractivity contribution in [2.75, 3.05) is 0 Å². The predicted octanol–water partition coefficient (Wildman–Crippen LogP) is 1.47. The van der Waals surface area contributed by atoms with Gasteiger partial charge in [0.1, 0.15) is 5.69 Å². The Morgan fingerprint density at radius 2 is 2.38 bits per heavy atom. The molecule has 3 heteroatoms. The molecular weight excluding hydrogens is 164 g/mol. The van der Waals surface area contributed by atoms with Crippen LogP contribution in [0.5, 0.6) is 0 Å². The third kappa shape index (κ3) is 2.49. The van der Waals surface area contributed by atoms with Gasteiger partial charge >= 0.3 is 0 Å². The number of aromatic nitrogens is 1. The lowest BCUT2D eigenvalue weighted by Gasteiger charge is -2.07. The van der Waals surface area contributed by atoms with Crippen molar-refractivity contribution in [2.45, 2.75) is 12.5 Å². The molecule has 0 aromatic carbocycles. The number of carbonyl (C=O) groups excluding carboxylic acids is 1. The van der Waals surface area contributed by atoms with Crippen LogP contribution in [0, 0.1) is 0 Å². The highest BCUT2D eigenvalue weighted by atomic mass is 16.1. The summed E-state index contributed by atoms with van der Waals surface area (Å²) in [4.78, 5) is 14.5. The van der Waals surface area contributed by atoms with Gasteiger partial charge in [-0.15, -0.1) is 6.58 Å². The molecule has 0 aliphatic heterocycles. The molecule has 0 aliphatic rings. The number of nitrogens with zero attached hydrogens (tertiary/aromatic N) is 1. The monoisotopic (exact) mass is 176 g/mol. The van der Waals surface area contributed by atoms with Crippen LogP contribution in [0.1, 0.15) is 28.6 Å². The average Bonchev–Trinajstić information content (AvgIpc) is 2.18. The van der Waals surface area contributed by atoms with Crippen LogP contribution in [-0.2, 0) is 0 Å². The molecule has 3 nitrogen and oxygen atoms in total. The Balaban J connectivity index is 2.87. The van der Waals surface area contributed by atoms with E-state index in [-0.39, 0.29) is 6.04 Å². The van der Waals surface area contributed by atoms with Gasteiger partial charge in [-0.2, -0.15) is 0 Å². The molecular formula is C10H12N2O. The van der Waals surface area contributed by atoms with E-state index in [1.165, 1.54) is 0 Å². The van der Waals surface area contributed by atoms with Crippen LogP contribution in [0.15, 0.2) is 30.9 Å². The minimum Gasteiger partial charge on any atom is -0.322 e. The summed E-state index contributed by atoms with van der Waals surface area (Å²) in [6.45, 7) is 3.59. The number of aldehydes is 1. The van der Waals surface area contributed by atoms with E-state index >= 15 is 0 Å². The topological polar surface area (TPSA) is 56.0 Å². The van der Waals surface area contributed by atoms with Crippen LogP contribution in [0.4, 0.5) is 0 Å². The largest absolute Gasteiger partial charge is 0.322 e. The highest BCUT2D eigenvalue weighted by Gasteiger charge is 2.05. The number of carbonyl (C=O) groups is 1. The first-order valence-electron chi connectivity index (χ1n) is 4.06. The number of hydrogen-bond acceptors (Lipinski definition) is 3. The van der Waals surface area contributed by atoms with Crippen LogP contribution in [-0.4, -0.2) is 11.3 Å². The fourth-order valence-corrected chi connectivity index (χ4v) is 1.04. The fraction of sp³-hybridized carbons (Fsp3) is 0.200. The molecule has 1 unspecified atom stereocenters. The number of rotatable bonds is 4. The van der Waals surface area contributed by atoms with Crippen LogP contribution in [0.2, 0.25) is 0 Å². The summed E-state index contributed by atoms with van der Waals surface area (Å²) in [6, 6.07) is 5.06. The Morgan fingerprint density at radius 3 is 3.00 bits per heavy atom. The molecule has 0 bridgehead atoms. The maximum atomic E-state index is 10.4. The fourth-order valence-electron chi connectivity index (χ4n) is 1.04. The van der Waals surface area contributed by atoms with Gasteiger partial charge in [0.2, 0.25) is 0 Å². The summed E-state index contributed by atoms with van der Waals surface area (Å²) in [5, 5.41) is 0. The van der Waals surface area contributed by atoms with Crippen LogP contribution in [0.3, 0.4) is 0 Å². The maximum Gasteiger partial charge on any atom is 0.168 e. The van der Waals surface area contributed by atoms with Gasteiger partial charge in [0.15, 0.2) is 6.29 Å². The normalized spacial score (nSPS) is 12.1. The van der Waals surface area contributed by atoms with Gasteiger partial charge in [-0.05, 0) is 18.6 Å². The summed E-state index contributed by atoms with van der Waals surface area (Å²) in [5.74, 6) is 0. The SMILES string of the molecule is C=CCC(N)c1cccc(C=O)n1. The predicted molar refractivity (Wildman–Crippen MR) is 51.4 cm³/mol. The van der Waals surface area contributed by atoms with Crippen LogP contribution >= 0.6 is 0 Å². The molecule has 0 saturated carbocycles. The first-order valence-corrected chi connectivity index (χ1v) is 4.06. The average molecular weight is 176 g/mol. The van der Waals surface area contributed by atoms with E-state index in [0.717, 1.165) is 5.69 Å². The Bertz CT molecular complexity index is 310. The first-order chi connectivity index (χ1) is 6.27. The van der Waals surface area contributed by atoms with Crippen molar-refractivity contribution in [3.63, 3.8) is 0 Å². The number of nitrogens with two attached hydrogens (primary N) is 1. The van der Waals surface area contributed by atoms with E-state index in [4.69, 9.17) is 5.73 Å². The van der Waals surface area contributed by atoms with E-state index in [1.807, 2.05) is 0 Å². The molecule has 0 spiro atoms. The van der Waals surface area contributed by atoms with Crippen molar-refractivity contribution in [1.82, 2.24) is 4.98 Å². The van der Waals surface area contributed by atoms with Gasteiger partial charge in [-0.25, -0.2) is 4.98 Å². The lowest BCUT2D eigenvalue weighted by atomic mass is 10.1. The van der Waals surface area contributed by atoms with E-state index in [0.29, 0.717) is 18.4 Å². The van der Waals surface area contributed by atoms with Crippen molar-refractivity contribution in [2.24, 2.45) is 5.73 Å². The Hall–Kier alpha value is -1.48. The Morgan fingerprint density at radius 1 is 1.62 bits per heavy atom. The summed E-state index contributed by atoms with van der Waals surface area (Å²) in [7, 11) is 0. The summed E-state index contributed by atoms with van der Waals surface area (Å²) >= 11 is 0. The van der Waals surface area contributed by atoms with E-state index < -0.39 is 0 Å². The molecule has 0 amide bonds. The highest BCUT2D eigenvalue weighted by Crippen LogP contribution is 2.11. The van der Waals surface area contributed by atoms with Crippen molar-refractivity contribution in [3.8, 4) is 0 Å². The molecule has 2 N–H and O–H groups in total. The number of pyridine rings is 1. The molecule has 1 atom stereocenters. The van der Waals surface area contributed by atoms with Crippen LogP contribution in [0.25, 0.3) is 0 Å². The molecule has 0 saturated heterocycles. The van der Waals surface area contributed by atoms with Gasteiger partial charge in [-0.1, -0.05) is 12.1 Å². The standard InChI is InChI=1S/C10H12N2O/c1-2-4-9(11)10-6-3-5-8(7-13)12-10/h2-3,5-7,9H,1,4,11H2. The minimum atomic E-state index is -0.169. The van der Waals surface area contributed by atoms with Gasteiger partial charge < -0.3 is 5.73 Å². The molecule has 0 fully saturated rings. The van der Waals surface area contributed by atoms with Gasteiger partial charge in [-0.3, -0.25) is 4.79 Å². The zero-order valence-corrected chi connectivity index (χ0v) is 7.31. The van der Waals surface area contributed by atoms with E-state index in [2.05, 4.69) is 11.6 Å². The molecule has 0 aliphatic carbocycles. The number of hydrogen-bond donors (Lipinski definition) is 1. The Kier molecular flexibility index (Phi) is 3.34. The van der Waals surface area contributed by atoms with Gasteiger partial charge in [0.05, 0.1) is 11.7 Å². The van der Waals surface area contributed by atoms with Crippen molar-refractivity contribution in [3.05, 3.63) is 42.2 Å². The van der Waals surface area contributed by atoms with Crippen molar-refractivity contribution in [1.29, 1.82) is 0 Å². The lowest BCUT2D eigenvalue weighted by molar-refractivity contribution is 0.111. The lowest BCUT2D eigenvalue weighted by Crippen LogP contribution is -2.11. The van der Waals surface area contributed by atoms with Crippen molar-refractivity contribution >= 4 is 6.29 Å². The molecule has 1 rings (SSSR count). The third-order valence-electron chi connectivity index (χ3n) is 1.71. The first kappa shape index (κ1) is 9.61. The molecule has 13 heavy (non-hydrogen) atoms. The zero-order valence-electron chi connectivity index (χ0n) is 7.31. The van der Waals surface area contributed by atoms with Gasteiger partial charge in [0, 0.05) is 0 Å². The molecule has 1 aromatic heterocycles. The minimum absolute atomic E-state index is 0.169. The second-order valence-electron chi connectivity index (χ2n) is 2.74. The second-order valence-corrected chi connectivity index (χ2v) is 2.74. The molecule has 1 aromatic rings. The van der Waals surface area contributed by atoms with Crippen molar-refractivity contribution < 1.29 is 4.79 Å². The summed E-state index contributed by atoms with van der Waals surface area (Å²) in [6.07, 6.45) is 3.11. The summed E-state index contributed by atoms with van der Waals surface area (Å²) < 4.78 is 0. The highest BCUT2D eigenvalue weighted by molar-refractivity contribution is 5.71. The maximum absolute atomic E-state index is 10.4. The molecule has 0 radical (unpaired) electrons. The summed E-state index contributed by atoms with van der Waals surface area (Å²) in [5.41, 5.74) is 6.92. The molecule has 68 valence electrons. The van der Waals surface area contributed by atoms with Crippen LogP contribution < -0.4 is 5.73 Å². The van der Waals surface area contributed by atoms with E-state index in [1.54, 1.807) is 24.3 Å². The smallest absolute Gasteiger partial charge is 0.168 e. The quantitative estimate of drug-likeness (QED) is 0.558. The zero-order chi connectivity index (χ0) is 9.68. The van der Waals surface area contributed by atoms with Gasteiger partial charge in [0.25, 0.3) is 0 Å². The Labute approximate surface area is 77.3 Å². The third-order valence-corrected chi connectivity index (χ3v) is 1.71. The second kappa shape index (κ2) is 4.52. The molecule has 1 heterocycles.